The smallest absolute Gasteiger partial charge is 0.255 e. The number of aromatic hydroxyl groups is 1. The molecule has 0 spiro atoms. The van der Waals surface area contributed by atoms with Gasteiger partial charge in [0.05, 0.1) is 5.56 Å². The highest BCUT2D eigenvalue weighted by molar-refractivity contribution is 5.96. The van der Waals surface area contributed by atoms with Crippen LogP contribution in [0, 0.1) is 5.82 Å². The van der Waals surface area contributed by atoms with Crippen molar-refractivity contribution in [2.75, 3.05) is 6.54 Å². The Morgan fingerprint density at radius 2 is 2.26 bits per heavy atom. The molecule has 2 N–H and O–H groups in total. The summed E-state index contributed by atoms with van der Waals surface area (Å²) < 4.78 is 14.7. The van der Waals surface area contributed by atoms with E-state index in [9.17, 15) is 14.3 Å². The topological polar surface area (TPSA) is 67.2 Å². The molecule has 0 bridgehead atoms. The second kappa shape index (κ2) is 5.51. The Kier molecular flexibility index (Phi) is 3.79. The highest BCUT2D eigenvalue weighted by atomic mass is 19.1. The number of phenolic OH excluding ortho intramolecular Hbond substituents is 1. The lowest BCUT2D eigenvalue weighted by Gasteiger charge is -2.07. The molecule has 2 rings (SSSR count). The largest absolute Gasteiger partial charge is 0.507 e. The molecule has 1 aromatic carbocycles. The number of rotatable bonds is 4. The number of hydrogen-bond acceptors (Lipinski definition) is 3. The maximum absolute atomic E-state index is 13.0. The minimum Gasteiger partial charge on any atom is -0.507 e. The van der Waals surface area contributed by atoms with Crippen LogP contribution in [0.5, 0.6) is 5.75 Å². The molecule has 2 aromatic rings. The van der Waals surface area contributed by atoms with Gasteiger partial charge in [-0.15, -0.1) is 0 Å². The normalized spacial score (nSPS) is 10.4. The average Bonchev–Trinajstić information content (AvgIpc) is 2.78. The van der Waals surface area contributed by atoms with Gasteiger partial charge in [-0.3, -0.25) is 9.48 Å². The van der Waals surface area contributed by atoms with Crippen molar-refractivity contribution in [3.8, 4) is 5.75 Å². The second-order valence-corrected chi connectivity index (χ2v) is 4.11. The van der Waals surface area contributed by atoms with E-state index in [0.29, 0.717) is 13.0 Å². The van der Waals surface area contributed by atoms with E-state index in [1.807, 2.05) is 13.1 Å². The first kappa shape index (κ1) is 13.1. The predicted octanol–water partition coefficient (Wildman–Crippen LogP) is 1.24. The molecule has 0 radical (unpaired) electrons. The van der Waals surface area contributed by atoms with Gasteiger partial charge in [0.1, 0.15) is 11.6 Å². The van der Waals surface area contributed by atoms with Gasteiger partial charge in [-0.2, -0.15) is 5.10 Å². The van der Waals surface area contributed by atoms with Crippen LogP contribution in [0.15, 0.2) is 30.5 Å². The summed E-state index contributed by atoms with van der Waals surface area (Å²) in [7, 11) is 1.82. The van der Waals surface area contributed by atoms with Crippen LogP contribution in [0.4, 0.5) is 4.39 Å². The zero-order valence-corrected chi connectivity index (χ0v) is 10.4. The first-order valence-electron chi connectivity index (χ1n) is 5.81. The zero-order chi connectivity index (χ0) is 13.8. The van der Waals surface area contributed by atoms with Crippen molar-refractivity contribution >= 4 is 5.91 Å². The quantitative estimate of drug-likeness (QED) is 0.872. The fraction of sp³-hybridized carbons (Fsp3) is 0.231. The van der Waals surface area contributed by atoms with Gasteiger partial charge in [0.2, 0.25) is 0 Å². The Bertz CT molecular complexity index is 595. The molecule has 0 aliphatic heterocycles. The van der Waals surface area contributed by atoms with Crippen molar-refractivity contribution in [2.24, 2.45) is 7.05 Å². The van der Waals surface area contributed by atoms with Crippen LogP contribution < -0.4 is 5.32 Å². The van der Waals surface area contributed by atoms with E-state index < -0.39 is 11.7 Å². The number of nitrogens with zero attached hydrogens (tertiary/aromatic N) is 2. The van der Waals surface area contributed by atoms with E-state index in [4.69, 9.17) is 0 Å². The summed E-state index contributed by atoms with van der Waals surface area (Å²) in [5.41, 5.74) is 0.911. The molecule has 19 heavy (non-hydrogen) atoms. The van der Waals surface area contributed by atoms with Crippen LogP contribution in [-0.2, 0) is 13.5 Å². The summed E-state index contributed by atoms with van der Waals surface area (Å²) in [5, 5.41) is 16.1. The Labute approximate surface area is 109 Å². The molecular formula is C13H14FN3O2. The first-order valence-corrected chi connectivity index (χ1v) is 5.81. The highest BCUT2D eigenvalue weighted by Gasteiger charge is 2.11. The number of hydrogen-bond donors (Lipinski definition) is 2. The monoisotopic (exact) mass is 263 g/mol. The second-order valence-electron chi connectivity index (χ2n) is 4.11. The van der Waals surface area contributed by atoms with Gasteiger partial charge >= 0.3 is 0 Å². The van der Waals surface area contributed by atoms with E-state index in [-0.39, 0.29) is 11.3 Å². The van der Waals surface area contributed by atoms with Crippen molar-refractivity contribution < 1.29 is 14.3 Å². The molecular weight excluding hydrogens is 249 g/mol. The van der Waals surface area contributed by atoms with Gasteiger partial charge in [-0.05, 0) is 24.3 Å². The van der Waals surface area contributed by atoms with E-state index in [2.05, 4.69) is 10.4 Å². The minimum atomic E-state index is -0.561. The van der Waals surface area contributed by atoms with E-state index in [1.165, 1.54) is 0 Å². The molecule has 1 aromatic heterocycles. The third kappa shape index (κ3) is 3.09. The fourth-order valence-corrected chi connectivity index (χ4v) is 1.74. The van der Waals surface area contributed by atoms with Gasteiger partial charge in [0, 0.05) is 31.9 Å². The number of benzene rings is 1. The Morgan fingerprint density at radius 1 is 1.47 bits per heavy atom. The number of nitrogens with one attached hydrogen (secondary N) is 1. The summed E-state index contributed by atoms with van der Waals surface area (Å²) in [6.07, 6.45) is 2.29. The van der Waals surface area contributed by atoms with Crippen LogP contribution in [0.2, 0.25) is 0 Å². The standard InChI is InChI=1S/C13H14FN3O2/c1-17-10(5-7-16-17)4-6-15-13(19)11-8-9(14)2-3-12(11)18/h2-3,5,7-8,18H,4,6H2,1H3,(H,15,19). The molecule has 6 heteroatoms. The summed E-state index contributed by atoms with van der Waals surface area (Å²) in [6, 6.07) is 5.12. The lowest BCUT2D eigenvalue weighted by atomic mass is 10.2. The Morgan fingerprint density at radius 3 is 2.95 bits per heavy atom. The van der Waals surface area contributed by atoms with Gasteiger partial charge < -0.3 is 10.4 Å². The summed E-state index contributed by atoms with van der Waals surface area (Å²) in [4.78, 5) is 11.8. The maximum atomic E-state index is 13.0. The van der Waals surface area contributed by atoms with Crippen LogP contribution in [0.1, 0.15) is 16.1 Å². The SMILES string of the molecule is Cn1nccc1CCNC(=O)c1cc(F)ccc1O. The predicted molar refractivity (Wildman–Crippen MR) is 67.3 cm³/mol. The van der Waals surface area contributed by atoms with E-state index in [0.717, 1.165) is 23.9 Å². The minimum absolute atomic E-state index is 0.0648. The number of amides is 1. The van der Waals surface area contributed by atoms with Gasteiger partial charge in [0.25, 0.3) is 5.91 Å². The number of carbonyl (C=O) groups is 1. The van der Waals surface area contributed by atoms with Gasteiger partial charge in [0.15, 0.2) is 0 Å². The third-order valence-electron chi connectivity index (χ3n) is 2.79. The van der Waals surface area contributed by atoms with E-state index in [1.54, 1.807) is 10.9 Å². The van der Waals surface area contributed by atoms with Crippen LogP contribution in [0.25, 0.3) is 0 Å². The van der Waals surface area contributed by atoms with Crippen molar-refractivity contribution in [3.05, 3.63) is 47.5 Å². The number of halogens is 1. The lowest BCUT2D eigenvalue weighted by Crippen LogP contribution is -2.26. The summed E-state index contributed by atoms with van der Waals surface area (Å²) in [5.74, 6) is -1.30. The molecule has 100 valence electrons. The number of phenols is 1. The average molecular weight is 263 g/mol. The molecule has 0 unspecified atom stereocenters. The Balaban J connectivity index is 1.94. The third-order valence-corrected chi connectivity index (χ3v) is 2.79. The molecule has 0 saturated carbocycles. The van der Waals surface area contributed by atoms with Crippen LogP contribution >= 0.6 is 0 Å². The summed E-state index contributed by atoms with van der Waals surface area (Å²) >= 11 is 0. The van der Waals surface area contributed by atoms with Crippen molar-refractivity contribution in [2.45, 2.75) is 6.42 Å². The maximum Gasteiger partial charge on any atom is 0.255 e. The van der Waals surface area contributed by atoms with Crippen molar-refractivity contribution in [3.63, 3.8) is 0 Å². The molecule has 1 heterocycles. The molecule has 0 aliphatic rings. The molecule has 1 amide bonds. The van der Waals surface area contributed by atoms with Gasteiger partial charge in [-0.25, -0.2) is 4.39 Å². The van der Waals surface area contributed by atoms with Gasteiger partial charge in [-0.1, -0.05) is 0 Å². The first-order chi connectivity index (χ1) is 9.08. The fourth-order valence-electron chi connectivity index (χ4n) is 1.74. The van der Waals surface area contributed by atoms with Crippen LogP contribution in [0.3, 0.4) is 0 Å². The highest BCUT2D eigenvalue weighted by Crippen LogP contribution is 2.17. The Hall–Kier alpha value is -2.37. The van der Waals surface area contributed by atoms with E-state index >= 15 is 0 Å². The zero-order valence-electron chi connectivity index (χ0n) is 10.4. The number of aryl methyl sites for hydroxylation is 1. The number of aromatic nitrogens is 2. The summed E-state index contributed by atoms with van der Waals surface area (Å²) in [6.45, 7) is 0.383. The molecule has 0 aliphatic carbocycles. The van der Waals surface area contributed by atoms with Crippen LogP contribution in [-0.4, -0.2) is 27.3 Å². The van der Waals surface area contributed by atoms with Crippen molar-refractivity contribution in [1.29, 1.82) is 0 Å². The number of carbonyl (C=O) groups excluding carboxylic acids is 1. The molecule has 0 atom stereocenters. The lowest BCUT2D eigenvalue weighted by molar-refractivity contribution is 0.0951. The molecule has 0 saturated heterocycles. The molecule has 0 fully saturated rings. The van der Waals surface area contributed by atoms with Crippen molar-refractivity contribution in [1.82, 2.24) is 15.1 Å². The molecule has 5 nitrogen and oxygen atoms in total.